The second-order valence-corrected chi connectivity index (χ2v) is 6.93. The monoisotopic (exact) mass is 323 g/mol. The minimum Gasteiger partial charge on any atom is -0.352 e. The largest absolute Gasteiger partial charge is 0.352 e. The third-order valence-electron chi connectivity index (χ3n) is 4.90. The summed E-state index contributed by atoms with van der Waals surface area (Å²) < 4.78 is 0. The van der Waals surface area contributed by atoms with Gasteiger partial charge >= 0.3 is 6.03 Å². The number of urea groups is 1. The molecule has 4 amide bonds. The Labute approximate surface area is 138 Å². The quantitative estimate of drug-likeness (QED) is 0.557. The molecule has 1 saturated carbocycles. The zero-order valence-corrected chi connectivity index (χ0v) is 14.3. The topological polar surface area (TPSA) is 78.5 Å². The van der Waals surface area contributed by atoms with E-state index in [-0.39, 0.29) is 24.4 Å². The molecule has 0 aromatic carbocycles. The molecule has 6 nitrogen and oxygen atoms in total. The number of nitrogens with zero attached hydrogens (tertiary/aromatic N) is 1. The Hall–Kier alpha value is -1.59. The van der Waals surface area contributed by atoms with Crippen LogP contribution in [0, 0.1) is 0 Å². The first kappa shape index (κ1) is 17.8. The first-order chi connectivity index (χ1) is 11.0. The van der Waals surface area contributed by atoms with E-state index in [0.29, 0.717) is 12.8 Å². The summed E-state index contributed by atoms with van der Waals surface area (Å²) in [6.45, 7) is 3.93. The molecule has 1 heterocycles. The maximum Gasteiger partial charge on any atom is 0.325 e. The van der Waals surface area contributed by atoms with Gasteiger partial charge in [-0.3, -0.25) is 14.5 Å². The fraction of sp³-hybridized carbons (Fsp3) is 0.824. The lowest BCUT2D eigenvalue weighted by molar-refractivity contribution is -0.136. The Kier molecular flexibility index (Phi) is 6.02. The number of carbonyl (C=O) groups is 3. The molecule has 1 aliphatic carbocycles. The molecular formula is C17H29N3O3. The summed E-state index contributed by atoms with van der Waals surface area (Å²) in [6.07, 6.45) is 8.64. The Balaban J connectivity index is 1.85. The highest BCUT2D eigenvalue weighted by Crippen LogP contribution is 2.33. The van der Waals surface area contributed by atoms with Crippen molar-refractivity contribution in [2.24, 2.45) is 0 Å². The molecule has 1 aliphatic heterocycles. The van der Waals surface area contributed by atoms with Crippen molar-refractivity contribution in [1.29, 1.82) is 0 Å². The van der Waals surface area contributed by atoms with Crippen molar-refractivity contribution in [1.82, 2.24) is 15.5 Å². The summed E-state index contributed by atoms with van der Waals surface area (Å²) in [4.78, 5) is 37.9. The van der Waals surface area contributed by atoms with E-state index in [1.807, 2.05) is 6.92 Å². The van der Waals surface area contributed by atoms with E-state index in [9.17, 15) is 14.4 Å². The van der Waals surface area contributed by atoms with Gasteiger partial charge in [0.2, 0.25) is 5.91 Å². The average Bonchev–Trinajstić information content (AvgIpc) is 2.72. The van der Waals surface area contributed by atoms with Crippen molar-refractivity contribution < 1.29 is 14.4 Å². The van der Waals surface area contributed by atoms with Gasteiger partial charge in [-0.25, -0.2) is 4.79 Å². The van der Waals surface area contributed by atoms with Crippen LogP contribution in [-0.2, 0) is 9.59 Å². The third kappa shape index (κ3) is 4.24. The Morgan fingerprint density at radius 2 is 1.96 bits per heavy atom. The summed E-state index contributed by atoms with van der Waals surface area (Å²) in [5.74, 6) is -0.485. The lowest BCUT2D eigenvalue weighted by atomic mass is 9.82. The predicted octanol–water partition coefficient (Wildman–Crippen LogP) is 2.33. The molecule has 0 radical (unpaired) electrons. The average molecular weight is 323 g/mol. The Morgan fingerprint density at radius 1 is 1.26 bits per heavy atom. The second-order valence-electron chi connectivity index (χ2n) is 6.93. The van der Waals surface area contributed by atoms with Crippen molar-refractivity contribution in [2.45, 2.75) is 83.2 Å². The number of unbranched alkanes of at least 4 members (excludes halogenated alkanes) is 2. The standard InChI is InChI=1S/C17H29N3O3/c1-3-4-6-9-13(2)18-14(21)12-20-15(22)17(19-16(20)23)10-7-5-8-11-17/h13H,3-12H2,1-2H3,(H,18,21)(H,19,23)/t13-/m1/s1. The number of hydrogen-bond donors (Lipinski definition) is 2. The van der Waals surface area contributed by atoms with E-state index in [1.54, 1.807) is 0 Å². The van der Waals surface area contributed by atoms with E-state index in [4.69, 9.17) is 0 Å². The molecular weight excluding hydrogens is 294 g/mol. The number of rotatable bonds is 7. The molecule has 130 valence electrons. The minimum absolute atomic E-state index is 0.0680. The summed E-state index contributed by atoms with van der Waals surface area (Å²) >= 11 is 0. The molecule has 23 heavy (non-hydrogen) atoms. The molecule has 1 atom stereocenters. The normalized spacial score (nSPS) is 21.4. The predicted molar refractivity (Wildman–Crippen MR) is 87.8 cm³/mol. The van der Waals surface area contributed by atoms with Gasteiger partial charge in [-0.2, -0.15) is 0 Å². The third-order valence-corrected chi connectivity index (χ3v) is 4.90. The van der Waals surface area contributed by atoms with Crippen molar-refractivity contribution in [3.63, 3.8) is 0 Å². The van der Waals surface area contributed by atoms with Gasteiger partial charge in [-0.1, -0.05) is 45.4 Å². The molecule has 1 saturated heterocycles. The van der Waals surface area contributed by atoms with Crippen LogP contribution in [0.5, 0.6) is 0 Å². The van der Waals surface area contributed by atoms with Gasteiger partial charge in [0.25, 0.3) is 5.91 Å². The van der Waals surface area contributed by atoms with E-state index in [2.05, 4.69) is 17.6 Å². The van der Waals surface area contributed by atoms with Crippen LogP contribution < -0.4 is 10.6 Å². The molecule has 2 fully saturated rings. The van der Waals surface area contributed by atoms with Gasteiger partial charge in [-0.05, 0) is 26.2 Å². The van der Waals surface area contributed by atoms with Crippen molar-refractivity contribution in [3.05, 3.63) is 0 Å². The van der Waals surface area contributed by atoms with Crippen molar-refractivity contribution in [2.75, 3.05) is 6.54 Å². The van der Waals surface area contributed by atoms with E-state index in [1.165, 1.54) is 0 Å². The maximum absolute atomic E-state index is 12.6. The van der Waals surface area contributed by atoms with Crippen LogP contribution in [0.25, 0.3) is 0 Å². The van der Waals surface area contributed by atoms with Crippen LogP contribution >= 0.6 is 0 Å². The molecule has 2 aliphatic rings. The fourth-order valence-corrected chi connectivity index (χ4v) is 3.55. The van der Waals surface area contributed by atoms with Crippen LogP contribution in [0.2, 0.25) is 0 Å². The van der Waals surface area contributed by atoms with Gasteiger partial charge in [0.05, 0.1) is 0 Å². The highest BCUT2D eigenvalue weighted by molar-refractivity contribution is 6.09. The molecule has 0 aromatic rings. The van der Waals surface area contributed by atoms with Gasteiger partial charge in [-0.15, -0.1) is 0 Å². The van der Waals surface area contributed by atoms with Gasteiger partial charge in [0.1, 0.15) is 12.1 Å². The second kappa shape index (κ2) is 7.79. The molecule has 2 N–H and O–H groups in total. The number of hydrogen-bond acceptors (Lipinski definition) is 3. The van der Waals surface area contributed by atoms with Crippen LogP contribution in [-0.4, -0.2) is 40.9 Å². The first-order valence-corrected chi connectivity index (χ1v) is 8.92. The lowest BCUT2D eigenvalue weighted by Crippen LogP contribution is -2.49. The number of carbonyl (C=O) groups excluding carboxylic acids is 3. The zero-order valence-electron chi connectivity index (χ0n) is 14.3. The van der Waals surface area contributed by atoms with Crippen LogP contribution in [0.15, 0.2) is 0 Å². The molecule has 1 spiro atoms. The molecule has 0 aromatic heterocycles. The first-order valence-electron chi connectivity index (χ1n) is 8.92. The van der Waals surface area contributed by atoms with E-state index >= 15 is 0 Å². The van der Waals surface area contributed by atoms with Crippen LogP contribution in [0.3, 0.4) is 0 Å². The summed E-state index contributed by atoms with van der Waals surface area (Å²) in [7, 11) is 0. The molecule has 6 heteroatoms. The SMILES string of the molecule is CCCCC[C@@H](C)NC(=O)CN1C(=O)NC2(CCCCC2)C1=O. The summed E-state index contributed by atoms with van der Waals surface area (Å²) in [6, 6.07) is -0.357. The number of amides is 4. The van der Waals surface area contributed by atoms with Crippen molar-refractivity contribution >= 4 is 17.8 Å². The number of nitrogens with one attached hydrogen (secondary N) is 2. The van der Waals surface area contributed by atoms with Gasteiger partial charge in [0.15, 0.2) is 0 Å². The Bertz CT molecular complexity index is 458. The summed E-state index contributed by atoms with van der Waals surface area (Å²) in [5.41, 5.74) is -0.748. The van der Waals surface area contributed by atoms with Gasteiger partial charge < -0.3 is 10.6 Å². The lowest BCUT2D eigenvalue weighted by Gasteiger charge is -2.30. The fourth-order valence-electron chi connectivity index (χ4n) is 3.55. The van der Waals surface area contributed by atoms with Crippen molar-refractivity contribution in [3.8, 4) is 0 Å². The molecule has 2 rings (SSSR count). The minimum atomic E-state index is -0.748. The maximum atomic E-state index is 12.6. The molecule has 0 bridgehead atoms. The van der Waals surface area contributed by atoms with Crippen LogP contribution in [0.4, 0.5) is 4.79 Å². The van der Waals surface area contributed by atoms with Crippen LogP contribution in [0.1, 0.15) is 71.6 Å². The Morgan fingerprint density at radius 3 is 2.61 bits per heavy atom. The number of imide groups is 1. The van der Waals surface area contributed by atoms with E-state index in [0.717, 1.165) is 49.8 Å². The summed E-state index contributed by atoms with van der Waals surface area (Å²) in [5, 5.41) is 5.71. The highest BCUT2D eigenvalue weighted by atomic mass is 16.2. The highest BCUT2D eigenvalue weighted by Gasteiger charge is 2.51. The smallest absolute Gasteiger partial charge is 0.325 e. The van der Waals surface area contributed by atoms with E-state index < -0.39 is 11.6 Å². The van der Waals surface area contributed by atoms with Gasteiger partial charge in [0, 0.05) is 6.04 Å². The molecule has 0 unspecified atom stereocenters. The zero-order chi connectivity index (χ0) is 16.9.